The van der Waals surface area contributed by atoms with Gasteiger partial charge in [-0.05, 0) is 42.7 Å². The second kappa shape index (κ2) is 4.96. The minimum absolute atomic E-state index is 0.185. The smallest absolute Gasteiger partial charge is 0.264 e. The van der Waals surface area contributed by atoms with E-state index in [4.69, 9.17) is 4.42 Å². The summed E-state index contributed by atoms with van der Waals surface area (Å²) in [5.74, 6) is 0.851. The van der Waals surface area contributed by atoms with E-state index in [9.17, 15) is 4.79 Å². The third kappa shape index (κ3) is 2.37. The molecule has 20 heavy (non-hydrogen) atoms. The monoisotopic (exact) mass is 268 g/mol. The number of H-pyrrole nitrogens is 1. The number of aromatic amines is 1. The molecule has 2 aromatic heterocycles. The minimum atomic E-state index is -0.185. The molecule has 1 N–H and O–H groups in total. The maximum atomic E-state index is 11.3. The number of hydrogen-bond donors (Lipinski definition) is 1. The fourth-order valence-electron chi connectivity index (χ4n) is 2.33. The van der Waals surface area contributed by atoms with Crippen LogP contribution in [0.1, 0.15) is 29.5 Å². The number of fused-ring (bicyclic) bond motifs is 1. The maximum absolute atomic E-state index is 11.3. The van der Waals surface area contributed by atoms with Crippen molar-refractivity contribution in [2.24, 2.45) is 0 Å². The van der Waals surface area contributed by atoms with Crippen LogP contribution < -0.4 is 5.56 Å². The molecule has 0 aliphatic rings. The summed E-state index contributed by atoms with van der Waals surface area (Å²) in [5, 5.41) is 7.51. The highest BCUT2D eigenvalue weighted by Crippen LogP contribution is 2.23. The number of aromatic nitrogens is 2. The fraction of sp³-hybridized carbons (Fsp3) is 0.250. The van der Waals surface area contributed by atoms with Crippen molar-refractivity contribution in [1.82, 2.24) is 10.2 Å². The Balaban J connectivity index is 1.98. The van der Waals surface area contributed by atoms with Gasteiger partial charge in [-0.15, -0.1) is 0 Å². The molecule has 0 radical (unpaired) electrons. The molecule has 0 saturated heterocycles. The SMILES string of the molecule is CCc1ccc2oc(Cc3cc(=O)[nH]nc3C)cc2c1. The van der Waals surface area contributed by atoms with E-state index in [2.05, 4.69) is 29.3 Å². The summed E-state index contributed by atoms with van der Waals surface area (Å²) in [6.07, 6.45) is 1.59. The highest BCUT2D eigenvalue weighted by molar-refractivity contribution is 5.78. The Morgan fingerprint density at radius 2 is 2.10 bits per heavy atom. The van der Waals surface area contributed by atoms with Crippen LogP contribution in [0.5, 0.6) is 0 Å². The predicted octanol–water partition coefficient (Wildman–Crippen LogP) is 2.98. The molecule has 0 saturated carbocycles. The molecule has 4 nitrogen and oxygen atoms in total. The van der Waals surface area contributed by atoms with Gasteiger partial charge in [0.2, 0.25) is 0 Å². The Labute approximate surface area is 116 Å². The highest BCUT2D eigenvalue weighted by Gasteiger charge is 2.08. The van der Waals surface area contributed by atoms with Gasteiger partial charge in [0.05, 0.1) is 5.69 Å². The van der Waals surface area contributed by atoms with E-state index >= 15 is 0 Å². The number of benzene rings is 1. The Morgan fingerprint density at radius 3 is 2.90 bits per heavy atom. The molecule has 0 atom stereocenters. The van der Waals surface area contributed by atoms with Gasteiger partial charge in [0.1, 0.15) is 11.3 Å². The molecule has 0 unspecified atom stereocenters. The molecule has 0 aliphatic carbocycles. The summed E-state index contributed by atoms with van der Waals surface area (Å²) in [6.45, 7) is 4.01. The van der Waals surface area contributed by atoms with E-state index < -0.39 is 0 Å². The third-order valence-electron chi connectivity index (χ3n) is 3.51. The summed E-state index contributed by atoms with van der Waals surface area (Å²) in [5.41, 5.74) is 3.70. The van der Waals surface area contributed by atoms with E-state index in [0.29, 0.717) is 6.42 Å². The molecule has 2 heterocycles. The van der Waals surface area contributed by atoms with Crippen LogP contribution in [-0.2, 0) is 12.8 Å². The molecular weight excluding hydrogens is 252 g/mol. The van der Waals surface area contributed by atoms with E-state index in [1.807, 2.05) is 19.1 Å². The minimum Gasteiger partial charge on any atom is -0.461 e. The Hall–Kier alpha value is -2.36. The number of nitrogens with zero attached hydrogens (tertiary/aromatic N) is 1. The second-order valence-electron chi connectivity index (χ2n) is 4.96. The number of furan rings is 1. The molecule has 4 heteroatoms. The van der Waals surface area contributed by atoms with Gasteiger partial charge in [-0.25, -0.2) is 5.10 Å². The third-order valence-corrected chi connectivity index (χ3v) is 3.51. The van der Waals surface area contributed by atoms with Crippen LogP contribution in [0.15, 0.2) is 39.5 Å². The van der Waals surface area contributed by atoms with E-state index in [1.54, 1.807) is 6.07 Å². The topological polar surface area (TPSA) is 58.9 Å². The lowest BCUT2D eigenvalue weighted by Gasteiger charge is -2.00. The standard InChI is InChI=1S/C16H16N2O2/c1-3-11-4-5-15-13(6-11)8-14(20-15)7-12-9-16(19)18-17-10(12)2/h4-6,8-9H,3,7H2,1-2H3,(H,18,19). The lowest BCUT2D eigenvalue weighted by molar-refractivity contribution is 0.561. The van der Waals surface area contributed by atoms with Crippen molar-refractivity contribution in [3.63, 3.8) is 0 Å². The Bertz CT molecular complexity index is 815. The molecule has 0 aliphatic heterocycles. The quantitative estimate of drug-likeness (QED) is 0.794. The zero-order valence-corrected chi connectivity index (χ0v) is 11.6. The van der Waals surface area contributed by atoms with Crippen molar-refractivity contribution in [3.8, 4) is 0 Å². The van der Waals surface area contributed by atoms with E-state index in [-0.39, 0.29) is 5.56 Å². The van der Waals surface area contributed by atoms with Gasteiger partial charge in [0, 0.05) is 17.9 Å². The van der Waals surface area contributed by atoms with Crippen molar-refractivity contribution in [2.75, 3.05) is 0 Å². The molecule has 0 fully saturated rings. The normalized spacial score (nSPS) is 11.1. The first-order valence-corrected chi connectivity index (χ1v) is 6.72. The molecule has 0 spiro atoms. The van der Waals surface area contributed by atoms with E-state index in [1.165, 1.54) is 5.56 Å². The van der Waals surface area contributed by atoms with Crippen LogP contribution in [0.25, 0.3) is 11.0 Å². The van der Waals surface area contributed by atoms with Gasteiger partial charge in [0.25, 0.3) is 5.56 Å². The van der Waals surface area contributed by atoms with Gasteiger partial charge in [-0.1, -0.05) is 13.0 Å². The van der Waals surface area contributed by atoms with Gasteiger partial charge in [0.15, 0.2) is 0 Å². The summed E-state index contributed by atoms with van der Waals surface area (Å²) < 4.78 is 5.83. The molecule has 1 aromatic carbocycles. The second-order valence-corrected chi connectivity index (χ2v) is 4.96. The van der Waals surface area contributed by atoms with Crippen LogP contribution in [0.3, 0.4) is 0 Å². The lowest BCUT2D eigenvalue weighted by Crippen LogP contribution is -2.10. The fourth-order valence-corrected chi connectivity index (χ4v) is 2.33. The first-order chi connectivity index (χ1) is 9.65. The van der Waals surface area contributed by atoms with Crippen molar-refractivity contribution in [3.05, 3.63) is 63.3 Å². The first kappa shape index (κ1) is 12.7. The molecule has 3 rings (SSSR count). The molecular formula is C16H16N2O2. The van der Waals surface area contributed by atoms with Gasteiger partial charge < -0.3 is 4.42 Å². The average Bonchev–Trinajstić information content (AvgIpc) is 2.84. The van der Waals surface area contributed by atoms with Crippen molar-refractivity contribution < 1.29 is 4.42 Å². The number of rotatable bonds is 3. The summed E-state index contributed by atoms with van der Waals surface area (Å²) >= 11 is 0. The largest absolute Gasteiger partial charge is 0.461 e. The van der Waals surface area contributed by atoms with Crippen LogP contribution in [0.2, 0.25) is 0 Å². The van der Waals surface area contributed by atoms with Crippen LogP contribution in [-0.4, -0.2) is 10.2 Å². The first-order valence-electron chi connectivity index (χ1n) is 6.72. The van der Waals surface area contributed by atoms with Gasteiger partial charge in [-0.2, -0.15) is 5.10 Å². The van der Waals surface area contributed by atoms with Crippen molar-refractivity contribution >= 4 is 11.0 Å². The number of aryl methyl sites for hydroxylation is 2. The van der Waals surface area contributed by atoms with Gasteiger partial charge >= 0.3 is 0 Å². The maximum Gasteiger partial charge on any atom is 0.264 e. The molecule has 3 aromatic rings. The van der Waals surface area contributed by atoms with Crippen molar-refractivity contribution in [1.29, 1.82) is 0 Å². The summed E-state index contributed by atoms with van der Waals surface area (Å²) in [6, 6.07) is 9.84. The summed E-state index contributed by atoms with van der Waals surface area (Å²) in [4.78, 5) is 11.3. The lowest BCUT2D eigenvalue weighted by atomic mass is 10.1. The zero-order chi connectivity index (χ0) is 14.1. The number of nitrogens with one attached hydrogen (secondary N) is 1. The van der Waals surface area contributed by atoms with E-state index in [0.717, 1.165) is 34.4 Å². The van der Waals surface area contributed by atoms with Gasteiger partial charge in [-0.3, -0.25) is 4.79 Å². The van der Waals surface area contributed by atoms with Crippen LogP contribution in [0.4, 0.5) is 0 Å². The van der Waals surface area contributed by atoms with Crippen molar-refractivity contribution in [2.45, 2.75) is 26.7 Å². The predicted molar refractivity (Wildman–Crippen MR) is 78.0 cm³/mol. The summed E-state index contributed by atoms with van der Waals surface area (Å²) in [7, 11) is 0. The number of hydrogen-bond acceptors (Lipinski definition) is 3. The molecule has 0 amide bonds. The molecule has 0 bridgehead atoms. The zero-order valence-electron chi connectivity index (χ0n) is 11.6. The van der Waals surface area contributed by atoms with Crippen LogP contribution in [0, 0.1) is 6.92 Å². The molecule has 102 valence electrons. The van der Waals surface area contributed by atoms with Crippen LogP contribution >= 0.6 is 0 Å². The Kier molecular flexibility index (Phi) is 3.14. The highest BCUT2D eigenvalue weighted by atomic mass is 16.3. The Morgan fingerprint density at radius 1 is 1.25 bits per heavy atom. The average molecular weight is 268 g/mol.